The molecule has 228 valence electrons. The third-order valence-corrected chi connectivity index (χ3v) is 7.50. The zero-order valence-electron chi connectivity index (χ0n) is 25.1. The third kappa shape index (κ3) is 8.72. The predicted molar refractivity (Wildman–Crippen MR) is 161 cm³/mol. The number of nitrogens with one attached hydrogen (secondary N) is 1. The van der Waals surface area contributed by atoms with Gasteiger partial charge in [0, 0.05) is 43.5 Å². The molecule has 42 heavy (non-hydrogen) atoms. The summed E-state index contributed by atoms with van der Waals surface area (Å²) in [5.74, 6) is -2.33. The number of nitrogens with two attached hydrogens (primary N) is 1. The van der Waals surface area contributed by atoms with Crippen molar-refractivity contribution in [2.45, 2.75) is 78.1 Å². The second-order valence-electron chi connectivity index (χ2n) is 10.9. The number of aryl methyl sites for hydroxylation is 1. The van der Waals surface area contributed by atoms with E-state index in [4.69, 9.17) is 5.73 Å². The fourth-order valence-electron chi connectivity index (χ4n) is 5.54. The van der Waals surface area contributed by atoms with Crippen LogP contribution in [0.15, 0.2) is 65.9 Å². The molecule has 0 aromatic heterocycles. The largest absolute Gasteiger partial charge is 0.390 e. The molecule has 2 aromatic carbocycles. The Balaban J connectivity index is 1.99. The maximum absolute atomic E-state index is 14.2. The van der Waals surface area contributed by atoms with Gasteiger partial charge in [0.05, 0.1) is 12.1 Å². The lowest BCUT2D eigenvalue weighted by molar-refractivity contribution is -0.136. The second kappa shape index (κ2) is 15.6. The summed E-state index contributed by atoms with van der Waals surface area (Å²) >= 11 is 0. The van der Waals surface area contributed by atoms with E-state index in [9.17, 15) is 23.5 Å². The van der Waals surface area contributed by atoms with E-state index in [2.05, 4.69) is 24.4 Å². The van der Waals surface area contributed by atoms with Crippen molar-refractivity contribution in [2.24, 2.45) is 5.73 Å². The lowest BCUT2D eigenvalue weighted by Gasteiger charge is -2.44. The average molecular weight is 583 g/mol. The molecule has 2 amide bonds. The molecule has 0 aliphatic carbocycles. The zero-order valence-corrected chi connectivity index (χ0v) is 25.1. The number of aliphatic hydroxyl groups is 1. The zero-order chi connectivity index (χ0) is 30.8. The van der Waals surface area contributed by atoms with E-state index in [0.29, 0.717) is 30.9 Å². The van der Waals surface area contributed by atoms with Crippen molar-refractivity contribution in [2.75, 3.05) is 19.6 Å². The molecule has 4 N–H and O–H groups in total. The molecule has 7 nitrogen and oxygen atoms in total. The first kappa shape index (κ1) is 32.9. The van der Waals surface area contributed by atoms with Crippen molar-refractivity contribution in [1.29, 1.82) is 0 Å². The molecule has 0 spiro atoms. The maximum Gasteiger partial charge on any atom is 0.249 e. The lowest BCUT2D eigenvalue weighted by atomic mass is 9.93. The van der Waals surface area contributed by atoms with Crippen LogP contribution in [0, 0.1) is 11.6 Å². The Morgan fingerprint density at radius 2 is 1.67 bits per heavy atom. The summed E-state index contributed by atoms with van der Waals surface area (Å²) in [4.78, 5) is 29.7. The first-order chi connectivity index (χ1) is 20.1. The number of nitrogens with zero attached hydrogens (tertiary/aromatic N) is 2. The Morgan fingerprint density at radius 3 is 2.26 bits per heavy atom. The van der Waals surface area contributed by atoms with Crippen molar-refractivity contribution in [3.8, 4) is 0 Å². The minimum absolute atomic E-state index is 0.0547. The molecule has 1 unspecified atom stereocenters. The maximum atomic E-state index is 14.2. The van der Waals surface area contributed by atoms with Crippen LogP contribution in [0.4, 0.5) is 8.78 Å². The van der Waals surface area contributed by atoms with E-state index in [1.165, 1.54) is 23.8 Å². The number of allylic oxidation sites excluding steroid dienone is 1. The normalized spacial score (nSPS) is 16.5. The Bertz CT molecular complexity index is 1270. The number of aliphatic hydroxyl groups excluding tert-OH is 1. The standard InChI is InChI=1S/C33H44F2N4O3/c1-5-11-38(12-6-2)33(42)30-18-26(32(36)41)13-22(4)39(30)29(17-25-15-27(34)19-28(35)16-25)31(40)21-37-20-24-10-8-9-23(7-3)14-24/h8-10,13-16,18-19,29-31,37,40H,5-7,11-12,17,20-21H2,1-4H3,(H2,36,41)/t29-,30?,31+/m0/s1. The van der Waals surface area contributed by atoms with E-state index in [0.717, 1.165) is 30.9 Å². The van der Waals surface area contributed by atoms with E-state index >= 15 is 0 Å². The van der Waals surface area contributed by atoms with E-state index in [1.807, 2.05) is 26.0 Å². The third-order valence-electron chi connectivity index (χ3n) is 7.50. The lowest BCUT2D eigenvalue weighted by Crippen LogP contribution is -2.57. The minimum Gasteiger partial charge on any atom is -0.390 e. The molecule has 1 aliphatic rings. The molecule has 0 saturated heterocycles. The summed E-state index contributed by atoms with van der Waals surface area (Å²) < 4.78 is 28.4. The van der Waals surface area contributed by atoms with Crippen molar-refractivity contribution in [3.05, 3.63) is 94.2 Å². The fraction of sp³-hybridized carbons (Fsp3) is 0.455. The number of amides is 2. The number of carbonyl (C=O) groups excluding carboxylic acids is 2. The molecule has 3 atom stereocenters. The number of rotatable bonds is 15. The van der Waals surface area contributed by atoms with Gasteiger partial charge in [-0.15, -0.1) is 0 Å². The molecule has 1 aliphatic heterocycles. The molecular weight excluding hydrogens is 538 g/mol. The van der Waals surface area contributed by atoms with Crippen LogP contribution in [-0.4, -0.2) is 64.5 Å². The number of primary amides is 1. The van der Waals surface area contributed by atoms with Crippen LogP contribution in [-0.2, 0) is 29.0 Å². The van der Waals surface area contributed by atoms with Gasteiger partial charge in [-0.3, -0.25) is 9.59 Å². The highest BCUT2D eigenvalue weighted by atomic mass is 19.1. The number of hydrogen-bond acceptors (Lipinski definition) is 5. The van der Waals surface area contributed by atoms with Crippen molar-refractivity contribution < 1.29 is 23.5 Å². The van der Waals surface area contributed by atoms with Crippen LogP contribution in [0.5, 0.6) is 0 Å². The van der Waals surface area contributed by atoms with Gasteiger partial charge in [0.1, 0.15) is 17.7 Å². The Morgan fingerprint density at radius 1 is 1.02 bits per heavy atom. The quantitative estimate of drug-likeness (QED) is 0.292. The number of halogens is 2. The van der Waals surface area contributed by atoms with Gasteiger partial charge in [-0.25, -0.2) is 8.78 Å². The fourth-order valence-corrected chi connectivity index (χ4v) is 5.54. The Kier molecular flexibility index (Phi) is 12.2. The first-order valence-corrected chi connectivity index (χ1v) is 14.8. The van der Waals surface area contributed by atoms with E-state index in [-0.39, 0.29) is 24.4 Å². The van der Waals surface area contributed by atoms with Crippen LogP contribution < -0.4 is 11.1 Å². The van der Waals surface area contributed by atoms with Gasteiger partial charge in [-0.1, -0.05) is 45.0 Å². The molecule has 1 heterocycles. The van der Waals surface area contributed by atoms with Gasteiger partial charge in [0.2, 0.25) is 11.8 Å². The van der Waals surface area contributed by atoms with E-state index in [1.54, 1.807) is 22.8 Å². The molecule has 0 bridgehead atoms. The van der Waals surface area contributed by atoms with Crippen LogP contribution in [0.25, 0.3) is 0 Å². The van der Waals surface area contributed by atoms with Crippen molar-refractivity contribution >= 4 is 11.8 Å². The van der Waals surface area contributed by atoms with Gasteiger partial charge in [-0.2, -0.15) is 0 Å². The minimum atomic E-state index is -1.04. The number of carbonyl (C=O) groups is 2. The average Bonchev–Trinajstić information content (AvgIpc) is 2.94. The summed E-state index contributed by atoms with van der Waals surface area (Å²) in [5.41, 5.74) is 8.99. The van der Waals surface area contributed by atoms with Crippen LogP contribution in [0.3, 0.4) is 0 Å². The Labute approximate surface area is 248 Å². The van der Waals surface area contributed by atoms with E-state index < -0.39 is 35.7 Å². The van der Waals surface area contributed by atoms with Gasteiger partial charge in [0.25, 0.3) is 0 Å². The molecule has 9 heteroatoms. The monoisotopic (exact) mass is 582 g/mol. The van der Waals surface area contributed by atoms with Crippen molar-refractivity contribution in [3.63, 3.8) is 0 Å². The molecule has 0 radical (unpaired) electrons. The highest BCUT2D eigenvalue weighted by Gasteiger charge is 2.38. The highest BCUT2D eigenvalue weighted by molar-refractivity contribution is 5.97. The van der Waals surface area contributed by atoms with Crippen LogP contribution in [0.1, 0.15) is 57.2 Å². The molecule has 3 rings (SSSR count). The molecule has 0 fully saturated rings. The number of hydrogen-bond donors (Lipinski definition) is 3. The summed E-state index contributed by atoms with van der Waals surface area (Å²) in [7, 11) is 0. The first-order valence-electron chi connectivity index (χ1n) is 14.8. The summed E-state index contributed by atoms with van der Waals surface area (Å²) in [6.07, 6.45) is 4.54. The van der Waals surface area contributed by atoms with Gasteiger partial charge in [-0.05, 0) is 73.6 Å². The smallest absolute Gasteiger partial charge is 0.249 e. The summed E-state index contributed by atoms with van der Waals surface area (Å²) in [6.45, 7) is 9.52. The van der Waals surface area contributed by atoms with Crippen LogP contribution >= 0.6 is 0 Å². The topological polar surface area (TPSA) is 98.9 Å². The predicted octanol–water partition coefficient (Wildman–Crippen LogP) is 4.24. The molecule has 0 saturated carbocycles. The highest BCUT2D eigenvalue weighted by Crippen LogP contribution is 2.28. The number of benzene rings is 2. The van der Waals surface area contributed by atoms with Crippen molar-refractivity contribution in [1.82, 2.24) is 15.1 Å². The van der Waals surface area contributed by atoms with Gasteiger partial charge in [0.15, 0.2) is 0 Å². The van der Waals surface area contributed by atoms with Crippen LogP contribution in [0.2, 0.25) is 0 Å². The van der Waals surface area contributed by atoms with Gasteiger partial charge >= 0.3 is 0 Å². The van der Waals surface area contributed by atoms with Gasteiger partial charge < -0.3 is 26.0 Å². The molecular formula is C33H44F2N4O3. The SMILES string of the molecule is CCCN(CCC)C(=O)C1C=C(C(N)=O)C=C(C)N1[C@@H](Cc1cc(F)cc(F)c1)[C@H](O)CNCc1cccc(CC)c1. The summed E-state index contributed by atoms with van der Waals surface area (Å²) in [5, 5.41) is 14.9. The Hall–Kier alpha value is -3.56. The summed E-state index contributed by atoms with van der Waals surface area (Å²) in [6, 6.07) is 9.73. The second-order valence-corrected chi connectivity index (χ2v) is 10.9. The molecule has 2 aromatic rings.